The van der Waals surface area contributed by atoms with Crippen LogP contribution in [0.15, 0.2) is 53.2 Å². The van der Waals surface area contributed by atoms with Gasteiger partial charge in [-0.1, -0.05) is 37.3 Å². The van der Waals surface area contributed by atoms with Crippen LogP contribution in [0, 0.1) is 0 Å². The van der Waals surface area contributed by atoms with Crippen molar-refractivity contribution in [3.63, 3.8) is 0 Å². The van der Waals surface area contributed by atoms with Crippen LogP contribution in [-0.2, 0) is 10.3 Å². The fourth-order valence-electron chi connectivity index (χ4n) is 3.91. The molecule has 2 atom stereocenters. The Labute approximate surface area is 178 Å². The third-order valence-corrected chi connectivity index (χ3v) is 6.31. The van der Waals surface area contributed by atoms with Crippen molar-refractivity contribution in [1.82, 2.24) is 20.4 Å². The van der Waals surface area contributed by atoms with Crippen molar-refractivity contribution >= 4 is 23.2 Å². The van der Waals surface area contributed by atoms with Gasteiger partial charge in [0.1, 0.15) is 5.69 Å². The molecular formula is C22H24N4O3S. The van der Waals surface area contributed by atoms with E-state index in [9.17, 15) is 14.7 Å². The minimum absolute atomic E-state index is 0.116. The minimum atomic E-state index is -0.938. The molecule has 30 heavy (non-hydrogen) atoms. The van der Waals surface area contributed by atoms with E-state index in [4.69, 9.17) is 0 Å². The van der Waals surface area contributed by atoms with Crippen LogP contribution in [0.2, 0.25) is 0 Å². The fourth-order valence-corrected chi connectivity index (χ4v) is 4.56. The lowest BCUT2D eigenvalue weighted by molar-refractivity contribution is -0.126. The zero-order valence-electron chi connectivity index (χ0n) is 16.7. The molecule has 0 saturated carbocycles. The Morgan fingerprint density at radius 2 is 2.13 bits per heavy atom. The van der Waals surface area contributed by atoms with E-state index in [1.807, 2.05) is 47.2 Å². The number of rotatable bonds is 5. The number of aromatic amines is 1. The monoisotopic (exact) mass is 424 g/mol. The van der Waals surface area contributed by atoms with Crippen LogP contribution >= 0.6 is 11.3 Å². The molecule has 1 aliphatic heterocycles. The van der Waals surface area contributed by atoms with Crippen LogP contribution in [0.1, 0.15) is 35.8 Å². The lowest BCUT2D eigenvalue weighted by Crippen LogP contribution is -2.62. The predicted octanol–water partition coefficient (Wildman–Crippen LogP) is 2.77. The number of aliphatic hydroxyl groups excluding tert-OH is 1. The number of hydrogen-bond acceptors (Lipinski definition) is 5. The quantitative estimate of drug-likeness (QED) is 0.587. The zero-order chi connectivity index (χ0) is 21.1. The molecule has 1 saturated heterocycles. The summed E-state index contributed by atoms with van der Waals surface area (Å²) < 4.78 is 0. The van der Waals surface area contributed by atoms with Gasteiger partial charge in [-0.3, -0.25) is 14.7 Å². The number of hydrogen-bond donors (Lipinski definition) is 3. The molecule has 2 amide bonds. The number of thiophene rings is 1. The first-order valence-corrected chi connectivity index (χ1v) is 10.9. The van der Waals surface area contributed by atoms with Gasteiger partial charge in [0.25, 0.3) is 5.91 Å². The van der Waals surface area contributed by atoms with Crippen molar-refractivity contribution in [1.29, 1.82) is 0 Å². The van der Waals surface area contributed by atoms with Gasteiger partial charge in [0.2, 0.25) is 5.91 Å². The first-order valence-electron chi connectivity index (χ1n) is 9.95. The predicted molar refractivity (Wildman–Crippen MR) is 115 cm³/mol. The molecule has 3 heterocycles. The number of β-amino-alcohol motifs (C(OH)–C–C–N with tert-alkyl or cyclic N) is 1. The number of piperidine rings is 1. The molecule has 1 aromatic carbocycles. The number of nitrogens with zero attached hydrogens (tertiary/aromatic N) is 2. The van der Waals surface area contributed by atoms with Gasteiger partial charge >= 0.3 is 0 Å². The highest BCUT2D eigenvalue weighted by Crippen LogP contribution is 2.34. The van der Waals surface area contributed by atoms with E-state index >= 15 is 0 Å². The smallest absolute Gasteiger partial charge is 0.271 e. The maximum Gasteiger partial charge on any atom is 0.271 e. The summed E-state index contributed by atoms with van der Waals surface area (Å²) in [4.78, 5) is 26.9. The van der Waals surface area contributed by atoms with Crippen molar-refractivity contribution in [2.45, 2.75) is 31.4 Å². The van der Waals surface area contributed by atoms with Crippen LogP contribution < -0.4 is 5.32 Å². The first-order chi connectivity index (χ1) is 14.5. The normalized spacial score (nSPS) is 21.4. The number of amides is 2. The topological polar surface area (TPSA) is 98.3 Å². The lowest BCUT2D eigenvalue weighted by atomic mass is 9.78. The van der Waals surface area contributed by atoms with E-state index in [-0.39, 0.29) is 18.4 Å². The Morgan fingerprint density at radius 3 is 2.80 bits per heavy atom. The van der Waals surface area contributed by atoms with Gasteiger partial charge in [-0.05, 0) is 29.5 Å². The molecule has 7 nitrogen and oxygen atoms in total. The van der Waals surface area contributed by atoms with Crippen LogP contribution in [0.4, 0.5) is 0 Å². The Balaban J connectivity index is 1.55. The average molecular weight is 425 g/mol. The summed E-state index contributed by atoms with van der Waals surface area (Å²) in [6.07, 6.45) is -0.197. The van der Waals surface area contributed by atoms with E-state index < -0.39 is 11.6 Å². The van der Waals surface area contributed by atoms with Gasteiger partial charge in [0.15, 0.2) is 0 Å². The van der Waals surface area contributed by atoms with Crippen LogP contribution in [-0.4, -0.2) is 51.2 Å². The summed E-state index contributed by atoms with van der Waals surface area (Å²) in [5, 5.41) is 25.1. The molecule has 1 aliphatic rings. The molecule has 8 heteroatoms. The molecule has 3 N–H and O–H groups in total. The number of likely N-dealkylation sites (tertiary alicyclic amines) is 1. The second kappa shape index (κ2) is 8.41. The molecule has 3 aromatic rings. The summed E-state index contributed by atoms with van der Waals surface area (Å²) in [6, 6.07) is 13.1. The Kier molecular flexibility index (Phi) is 5.69. The molecule has 0 radical (unpaired) electrons. The standard InChI is InChI=1S/C22H24N4O3S/c1-2-20(28)23-22(16-6-4-3-5-7-16)9-10-26(13-19(22)27)21(29)18-12-17(24-25-18)15-8-11-30-14-15/h3-8,11-12,14,19,27H,2,9-10,13H2,1H3,(H,23,28)(H,24,25)/t19-,22+/m1/s1. The SMILES string of the molecule is CCC(=O)N[C@]1(c2ccccc2)CCN(C(=O)c2cc(-c3ccsc3)n[nH]2)C[C@H]1O. The van der Waals surface area contributed by atoms with Gasteiger partial charge in [0, 0.05) is 30.5 Å². The highest BCUT2D eigenvalue weighted by molar-refractivity contribution is 7.08. The summed E-state index contributed by atoms with van der Waals surface area (Å²) in [5.41, 5.74) is 1.98. The van der Waals surface area contributed by atoms with Gasteiger partial charge < -0.3 is 15.3 Å². The van der Waals surface area contributed by atoms with Gasteiger partial charge in [-0.15, -0.1) is 0 Å². The van der Waals surface area contributed by atoms with Gasteiger partial charge in [-0.2, -0.15) is 16.4 Å². The van der Waals surface area contributed by atoms with E-state index in [0.717, 1.165) is 11.1 Å². The molecule has 0 bridgehead atoms. The van der Waals surface area contributed by atoms with Crippen molar-refractivity contribution in [3.8, 4) is 11.3 Å². The van der Waals surface area contributed by atoms with Crippen molar-refractivity contribution in [2.75, 3.05) is 13.1 Å². The number of benzene rings is 1. The van der Waals surface area contributed by atoms with Crippen molar-refractivity contribution in [3.05, 3.63) is 64.5 Å². The number of aromatic nitrogens is 2. The molecule has 0 unspecified atom stereocenters. The highest BCUT2D eigenvalue weighted by Gasteiger charge is 2.45. The van der Waals surface area contributed by atoms with Crippen LogP contribution in [0.5, 0.6) is 0 Å². The summed E-state index contributed by atoms with van der Waals surface area (Å²) in [7, 11) is 0. The molecule has 1 fully saturated rings. The first kappa shape index (κ1) is 20.3. The third-order valence-electron chi connectivity index (χ3n) is 5.62. The van der Waals surface area contributed by atoms with Gasteiger partial charge in [-0.25, -0.2) is 0 Å². The minimum Gasteiger partial charge on any atom is -0.388 e. The Morgan fingerprint density at radius 1 is 1.33 bits per heavy atom. The maximum atomic E-state index is 13.0. The average Bonchev–Trinajstić information content (AvgIpc) is 3.47. The van der Waals surface area contributed by atoms with Gasteiger partial charge in [0.05, 0.1) is 17.3 Å². The Hall–Kier alpha value is -2.97. The summed E-state index contributed by atoms with van der Waals surface area (Å²) >= 11 is 1.57. The third kappa shape index (κ3) is 3.76. The number of nitrogens with one attached hydrogen (secondary N) is 2. The second-order valence-electron chi connectivity index (χ2n) is 7.43. The number of carbonyl (C=O) groups excluding carboxylic acids is 2. The number of carbonyl (C=O) groups is 2. The van der Waals surface area contributed by atoms with E-state index in [2.05, 4.69) is 15.5 Å². The number of aliphatic hydroxyl groups is 1. The highest BCUT2D eigenvalue weighted by atomic mass is 32.1. The van der Waals surface area contributed by atoms with Crippen LogP contribution in [0.25, 0.3) is 11.3 Å². The molecule has 4 rings (SSSR count). The van der Waals surface area contributed by atoms with E-state index in [1.165, 1.54) is 0 Å². The molecular weight excluding hydrogens is 400 g/mol. The molecule has 2 aromatic heterocycles. The van der Waals surface area contributed by atoms with Crippen molar-refractivity contribution in [2.24, 2.45) is 0 Å². The van der Waals surface area contributed by atoms with Crippen molar-refractivity contribution < 1.29 is 14.7 Å². The molecule has 0 aliphatic carbocycles. The van der Waals surface area contributed by atoms with E-state index in [1.54, 1.807) is 29.2 Å². The zero-order valence-corrected chi connectivity index (χ0v) is 17.5. The lowest BCUT2D eigenvalue weighted by Gasteiger charge is -2.46. The Bertz CT molecular complexity index is 1020. The molecule has 0 spiro atoms. The number of H-pyrrole nitrogens is 1. The maximum absolute atomic E-state index is 13.0. The van der Waals surface area contributed by atoms with E-state index in [0.29, 0.717) is 30.8 Å². The van der Waals surface area contributed by atoms with Crippen LogP contribution in [0.3, 0.4) is 0 Å². The molecule has 156 valence electrons. The summed E-state index contributed by atoms with van der Waals surface area (Å²) in [6.45, 7) is 2.30. The largest absolute Gasteiger partial charge is 0.388 e. The second-order valence-corrected chi connectivity index (χ2v) is 8.21. The fraction of sp³-hybridized carbons (Fsp3) is 0.318. The summed E-state index contributed by atoms with van der Waals surface area (Å²) in [5.74, 6) is -0.349.